The molecule has 7 aromatic rings. The van der Waals surface area contributed by atoms with Gasteiger partial charge in [0.1, 0.15) is 5.75 Å². The fourth-order valence-corrected chi connectivity index (χ4v) is 10.6. The molecule has 7 aromatic carbocycles. The number of benzene rings is 7. The van der Waals surface area contributed by atoms with Gasteiger partial charge in [-0.3, -0.25) is 4.79 Å². The summed E-state index contributed by atoms with van der Waals surface area (Å²) in [6.07, 6.45) is 0.310. The summed E-state index contributed by atoms with van der Waals surface area (Å²) in [4.78, 5) is 15.5. The Hall–Kier alpha value is -5.85. The minimum atomic E-state index is -5.86. The topological polar surface area (TPSA) is 124 Å². The van der Waals surface area contributed by atoms with E-state index in [0.29, 0.717) is 42.8 Å². The number of rotatable bonds is 13. The molecule has 1 aliphatic rings. The van der Waals surface area contributed by atoms with Gasteiger partial charge in [0.05, 0.1) is 21.9 Å². The van der Waals surface area contributed by atoms with Crippen LogP contribution in [0, 0.1) is 5.41 Å². The fraction of sp³-hybridized carbons (Fsp3) is 0.431. The molecule has 0 saturated heterocycles. The van der Waals surface area contributed by atoms with E-state index in [-0.39, 0.29) is 70.3 Å². The van der Waals surface area contributed by atoms with Crippen molar-refractivity contribution in [3.63, 3.8) is 0 Å². The van der Waals surface area contributed by atoms with E-state index in [9.17, 15) is 31.7 Å². The highest BCUT2D eigenvalue weighted by Gasteiger charge is 2.47. The van der Waals surface area contributed by atoms with Crippen LogP contribution in [0.25, 0.3) is 10.8 Å². The average Bonchev–Trinajstić information content (AvgIpc) is 3.71. The Balaban J connectivity index is -0.000000301. The van der Waals surface area contributed by atoms with Gasteiger partial charge in [-0.2, -0.15) is 8.78 Å². The third-order valence-corrected chi connectivity index (χ3v) is 17.3. The maximum absolute atomic E-state index is 13.0. The van der Waals surface area contributed by atoms with Gasteiger partial charge in [-0.15, -0.1) is 0 Å². The van der Waals surface area contributed by atoms with Crippen molar-refractivity contribution in [2.45, 2.75) is 217 Å². The van der Waals surface area contributed by atoms with Crippen LogP contribution in [0.5, 0.6) is 5.75 Å². The summed E-state index contributed by atoms with van der Waals surface area (Å²) >= 11 is 0. The van der Waals surface area contributed by atoms with Gasteiger partial charge in [-0.25, -0.2) is 8.42 Å². The number of halogens is 2. The summed E-state index contributed by atoms with van der Waals surface area (Å²) in [6.45, 7) is 22.3. The second kappa shape index (κ2) is 38.9. The molecule has 2 N–H and O–H groups in total. The van der Waals surface area contributed by atoms with Crippen LogP contribution in [0.3, 0.4) is 0 Å². The SMILES string of the molecule is C.C.C.C.C.C.C.C.CC1c2cccc3cccc(c23)C1C.CCC(C)(C)C(=O)OC(C)C(F)(F)S(=O)(=O)[O-].CCC(C)c1ccc(C(C)(C)O)cc1.CCC(C)c1ccc(O)cc1.c1ccc([S+](c2ccccc2)c2ccccc2)cc1. The summed E-state index contributed by atoms with van der Waals surface area (Å²) in [5.41, 5.74) is 4.94. The molecule has 0 aliphatic heterocycles. The minimum Gasteiger partial charge on any atom is -0.743 e. The Kier molecular flexibility index (Phi) is 40.3. The zero-order valence-electron chi connectivity index (χ0n) is 45.8. The number of hydrogen-bond donors (Lipinski definition) is 2. The van der Waals surface area contributed by atoms with Crippen LogP contribution in [-0.4, -0.2) is 40.5 Å². The molecule has 0 radical (unpaired) electrons. The first kappa shape index (κ1) is 85.9. The lowest BCUT2D eigenvalue weighted by atomic mass is 9.91. The summed E-state index contributed by atoms with van der Waals surface area (Å²) in [5, 5.41) is 17.1. The first-order valence-electron chi connectivity index (χ1n) is 25.9. The average molecular weight is 1190 g/mol. The van der Waals surface area contributed by atoms with E-state index in [1.165, 1.54) is 61.6 Å². The maximum Gasteiger partial charge on any atom is 0.369 e. The summed E-state index contributed by atoms with van der Waals surface area (Å²) in [7, 11) is -5.87. The van der Waals surface area contributed by atoms with Crippen LogP contribution in [0.1, 0.15) is 213 Å². The van der Waals surface area contributed by atoms with E-state index in [4.69, 9.17) is 5.11 Å². The number of aliphatic hydroxyl groups is 1. The molecular weight excluding hydrogens is 1080 g/mol. The van der Waals surface area contributed by atoms with Gasteiger partial charge in [0.25, 0.3) is 0 Å². The number of ether oxygens (including phenoxy) is 1. The van der Waals surface area contributed by atoms with Crippen molar-refractivity contribution < 1.29 is 41.5 Å². The Morgan fingerprint density at radius 3 is 1.20 bits per heavy atom. The van der Waals surface area contributed by atoms with Crippen molar-refractivity contribution >= 4 is 37.8 Å². The van der Waals surface area contributed by atoms with Crippen LogP contribution in [0.15, 0.2) is 191 Å². The van der Waals surface area contributed by atoms with E-state index < -0.39 is 38.5 Å². The molecule has 11 heteroatoms. The monoisotopic (exact) mass is 1190 g/mol. The van der Waals surface area contributed by atoms with E-state index in [1.54, 1.807) is 19.1 Å². The van der Waals surface area contributed by atoms with E-state index in [2.05, 4.69) is 186 Å². The lowest BCUT2D eigenvalue weighted by Gasteiger charge is -2.29. The standard InChI is InChI=1S/C18H15S.C14H14.C13H20O.C10H14O.C9H16F2O5S.8CH4/c1-4-10-16(11-5-1)19(17-12-6-2-7-13-17)18-14-8-3-9-15-18;1-9-10(2)13-8-4-6-11-5-3-7-12(9)14(11)13;1-5-10(2)11-6-8-12(9-7-11)13(3,4)14;1-3-8(2)9-4-6-10(11)7-5-9;1-5-8(3,4)7(12)16-6(2)9(10,11)17(13,14)15;;;;;;;;/h1-15H;3-10H,1-2H3;6-10,14H,5H2,1-4H3;4-8,11H,3H2,1-2H3;6H,5H2,1-4H3,(H,13,14,15);8*1H4/q+1;;;;;;;;;;;;/p-1. The smallest absolute Gasteiger partial charge is 0.369 e. The second-order valence-electron chi connectivity index (χ2n) is 20.3. The molecule has 0 saturated carbocycles. The number of phenols is 1. The van der Waals surface area contributed by atoms with Crippen LogP contribution in [-0.2, 0) is 36.1 Å². The lowest BCUT2D eigenvalue weighted by Crippen LogP contribution is -2.44. The normalized spacial score (nSPS) is 13.8. The van der Waals surface area contributed by atoms with Gasteiger partial charge in [-0.05, 0) is 165 Å². The van der Waals surface area contributed by atoms with Gasteiger partial charge < -0.3 is 19.5 Å². The molecule has 5 atom stereocenters. The molecule has 0 amide bonds. The van der Waals surface area contributed by atoms with Gasteiger partial charge in [0, 0.05) is 0 Å². The molecule has 0 aromatic heterocycles. The lowest BCUT2D eigenvalue weighted by molar-refractivity contribution is -0.170. The number of alkyl halides is 2. The largest absolute Gasteiger partial charge is 0.743 e. The number of hydrogen-bond acceptors (Lipinski definition) is 7. The van der Waals surface area contributed by atoms with Crippen molar-refractivity contribution in [2.75, 3.05) is 0 Å². The van der Waals surface area contributed by atoms with Crippen molar-refractivity contribution in [3.05, 3.63) is 204 Å². The molecule has 0 heterocycles. The van der Waals surface area contributed by atoms with Crippen molar-refractivity contribution in [1.29, 1.82) is 0 Å². The Labute approximate surface area is 508 Å². The summed E-state index contributed by atoms with van der Waals surface area (Å²) in [5.74, 6) is 1.92. The fourth-order valence-electron chi connectivity index (χ4n) is 8.01. The Morgan fingerprint density at radius 1 is 0.566 bits per heavy atom. The van der Waals surface area contributed by atoms with Crippen LogP contribution in [0.4, 0.5) is 8.78 Å². The van der Waals surface area contributed by atoms with E-state index in [0.717, 1.165) is 18.4 Å². The van der Waals surface area contributed by atoms with E-state index >= 15 is 0 Å². The Morgan fingerprint density at radius 2 is 0.904 bits per heavy atom. The Bertz CT molecular complexity index is 2790. The third-order valence-electron chi connectivity index (χ3n) is 14.0. The molecule has 0 fully saturated rings. The van der Waals surface area contributed by atoms with Crippen molar-refractivity contribution in [3.8, 4) is 5.75 Å². The molecule has 1 aliphatic carbocycles. The number of esters is 1. The summed E-state index contributed by atoms with van der Waals surface area (Å²) in [6, 6.07) is 61.2. The predicted octanol–water partition coefficient (Wildman–Crippen LogP) is 21.8. The molecular formula is C72H110F2O7S2. The van der Waals surface area contributed by atoms with Crippen molar-refractivity contribution in [2.24, 2.45) is 5.41 Å². The van der Waals surface area contributed by atoms with Crippen LogP contribution >= 0.6 is 0 Å². The molecule has 0 bridgehead atoms. The number of carbonyl (C=O) groups excluding carboxylic acids is 1. The van der Waals surface area contributed by atoms with Crippen LogP contribution < -0.4 is 0 Å². The number of phenolic OH excluding ortho intramolecular Hbond substituents is 1. The van der Waals surface area contributed by atoms with E-state index in [1.807, 2.05) is 38.1 Å². The number of carbonyl (C=O) groups is 1. The summed E-state index contributed by atoms with van der Waals surface area (Å²) < 4.78 is 61.2. The first-order chi connectivity index (χ1) is 35.3. The van der Waals surface area contributed by atoms with Gasteiger partial charge >= 0.3 is 11.2 Å². The predicted molar refractivity (Wildman–Crippen MR) is 358 cm³/mol. The van der Waals surface area contributed by atoms with Gasteiger partial charge in [0.2, 0.25) is 0 Å². The molecule has 8 rings (SSSR count). The molecule has 5 unspecified atom stereocenters. The highest BCUT2D eigenvalue weighted by molar-refractivity contribution is 7.97. The molecule has 7 nitrogen and oxygen atoms in total. The van der Waals surface area contributed by atoms with Gasteiger partial charge in [0.15, 0.2) is 30.9 Å². The zero-order valence-corrected chi connectivity index (χ0v) is 47.4. The molecule has 0 spiro atoms. The molecule has 83 heavy (non-hydrogen) atoms. The highest BCUT2D eigenvalue weighted by atomic mass is 32.2. The first-order valence-corrected chi connectivity index (χ1v) is 28.5. The van der Waals surface area contributed by atoms with Crippen LogP contribution in [0.2, 0.25) is 0 Å². The second-order valence-corrected chi connectivity index (χ2v) is 23.8. The quantitative estimate of drug-likeness (QED) is 0.0669. The van der Waals surface area contributed by atoms with Crippen molar-refractivity contribution in [1.82, 2.24) is 0 Å². The third kappa shape index (κ3) is 24.0. The highest BCUT2D eigenvalue weighted by Crippen LogP contribution is 2.46. The maximum atomic E-state index is 13.0. The zero-order chi connectivity index (χ0) is 55.7. The number of aromatic hydroxyl groups is 1. The molecule has 466 valence electrons. The van der Waals surface area contributed by atoms with Gasteiger partial charge in [-0.1, -0.05) is 235 Å². The minimum absolute atomic E-state index is 0.